The van der Waals surface area contributed by atoms with E-state index < -0.39 is 5.91 Å². The lowest BCUT2D eigenvalue weighted by molar-refractivity contribution is -0.118. The number of aromatic nitrogens is 2. The van der Waals surface area contributed by atoms with Crippen LogP contribution in [0.2, 0.25) is 0 Å². The molecular weight excluding hydrogens is 230 g/mol. The summed E-state index contributed by atoms with van der Waals surface area (Å²) in [6.45, 7) is 1.75. The molecule has 5 nitrogen and oxygen atoms in total. The van der Waals surface area contributed by atoms with E-state index in [1.165, 1.54) is 6.07 Å². The average molecular weight is 243 g/mol. The third-order valence-corrected chi connectivity index (χ3v) is 2.59. The predicted molar refractivity (Wildman–Crippen MR) is 67.9 cm³/mol. The first-order chi connectivity index (χ1) is 8.58. The van der Waals surface area contributed by atoms with Crippen LogP contribution in [0.25, 0.3) is 11.3 Å². The van der Waals surface area contributed by atoms with Crippen molar-refractivity contribution in [3.8, 4) is 11.3 Å². The summed E-state index contributed by atoms with van der Waals surface area (Å²) in [5.74, 6) is -0.591. The maximum absolute atomic E-state index is 11.5. The summed E-state index contributed by atoms with van der Waals surface area (Å²) >= 11 is 0. The van der Waals surface area contributed by atoms with Gasteiger partial charge < -0.3 is 5.73 Å². The van der Waals surface area contributed by atoms with Crippen molar-refractivity contribution in [1.29, 1.82) is 0 Å². The second-order valence-electron chi connectivity index (χ2n) is 4.00. The molecule has 0 aliphatic rings. The van der Waals surface area contributed by atoms with Gasteiger partial charge in [-0.15, -0.1) is 0 Å². The first-order valence-corrected chi connectivity index (χ1v) is 5.50. The molecule has 0 spiro atoms. The summed E-state index contributed by atoms with van der Waals surface area (Å²) in [5, 5.41) is 4.15. The van der Waals surface area contributed by atoms with E-state index in [2.05, 4.69) is 5.10 Å². The van der Waals surface area contributed by atoms with Gasteiger partial charge in [0, 0.05) is 11.6 Å². The number of carbonyl (C=O) groups is 1. The number of nitrogens with two attached hydrogens (primary N) is 1. The van der Waals surface area contributed by atoms with E-state index in [0.29, 0.717) is 5.69 Å². The molecule has 2 aromatic rings. The van der Waals surface area contributed by atoms with Crippen molar-refractivity contribution in [3.63, 3.8) is 0 Å². The maximum atomic E-state index is 11.5. The van der Waals surface area contributed by atoms with Gasteiger partial charge >= 0.3 is 0 Å². The molecule has 1 aromatic carbocycles. The van der Waals surface area contributed by atoms with Crippen molar-refractivity contribution in [1.82, 2.24) is 9.78 Å². The molecule has 2 rings (SSSR count). The van der Waals surface area contributed by atoms with E-state index in [9.17, 15) is 9.59 Å². The Morgan fingerprint density at radius 1 is 1.28 bits per heavy atom. The van der Waals surface area contributed by atoms with E-state index in [1.807, 2.05) is 31.2 Å². The van der Waals surface area contributed by atoms with Crippen LogP contribution in [-0.2, 0) is 11.3 Å². The number of hydrogen-bond acceptors (Lipinski definition) is 3. The highest BCUT2D eigenvalue weighted by molar-refractivity contribution is 5.73. The molecule has 0 saturated heterocycles. The van der Waals surface area contributed by atoms with Gasteiger partial charge in [0.1, 0.15) is 6.54 Å². The van der Waals surface area contributed by atoms with Gasteiger partial charge in [0.2, 0.25) is 5.91 Å². The van der Waals surface area contributed by atoms with Crippen molar-refractivity contribution < 1.29 is 4.79 Å². The summed E-state index contributed by atoms with van der Waals surface area (Å²) in [5.41, 5.74) is 7.36. The van der Waals surface area contributed by atoms with Gasteiger partial charge in [-0.3, -0.25) is 9.59 Å². The first kappa shape index (κ1) is 12.0. The molecule has 18 heavy (non-hydrogen) atoms. The summed E-state index contributed by atoms with van der Waals surface area (Å²) in [6, 6.07) is 10.7. The van der Waals surface area contributed by atoms with Gasteiger partial charge in [-0.1, -0.05) is 24.3 Å². The molecular formula is C13H13N3O2. The summed E-state index contributed by atoms with van der Waals surface area (Å²) in [6.07, 6.45) is 0. The third kappa shape index (κ3) is 2.45. The monoisotopic (exact) mass is 243 g/mol. The maximum Gasteiger partial charge on any atom is 0.267 e. The number of amides is 1. The predicted octanol–water partition coefficient (Wildman–Crippen LogP) is 0.704. The molecule has 92 valence electrons. The molecule has 0 bridgehead atoms. The van der Waals surface area contributed by atoms with E-state index >= 15 is 0 Å². The quantitative estimate of drug-likeness (QED) is 0.862. The minimum absolute atomic E-state index is 0.210. The molecule has 1 aromatic heterocycles. The zero-order valence-electron chi connectivity index (χ0n) is 9.96. The number of carbonyl (C=O) groups excluding carboxylic acids is 1. The number of nitrogens with zero attached hydrogens (tertiary/aromatic N) is 2. The number of benzene rings is 1. The Morgan fingerprint density at radius 3 is 2.67 bits per heavy atom. The van der Waals surface area contributed by atoms with Crippen molar-refractivity contribution in [3.05, 3.63) is 52.3 Å². The van der Waals surface area contributed by atoms with Gasteiger partial charge in [0.25, 0.3) is 5.56 Å². The molecule has 0 unspecified atom stereocenters. The Bertz CT molecular complexity index is 647. The first-order valence-electron chi connectivity index (χ1n) is 5.50. The molecule has 1 heterocycles. The van der Waals surface area contributed by atoms with Gasteiger partial charge in [-0.05, 0) is 18.6 Å². The van der Waals surface area contributed by atoms with Crippen LogP contribution in [0.4, 0.5) is 0 Å². The summed E-state index contributed by atoms with van der Waals surface area (Å²) < 4.78 is 1.07. The van der Waals surface area contributed by atoms with E-state index in [4.69, 9.17) is 5.73 Å². The van der Waals surface area contributed by atoms with E-state index in [-0.39, 0.29) is 12.1 Å². The topological polar surface area (TPSA) is 78.0 Å². The van der Waals surface area contributed by atoms with Crippen molar-refractivity contribution in [2.45, 2.75) is 13.5 Å². The molecule has 0 aliphatic carbocycles. The highest BCUT2D eigenvalue weighted by Crippen LogP contribution is 2.19. The molecule has 5 heteroatoms. The fourth-order valence-corrected chi connectivity index (χ4v) is 1.71. The van der Waals surface area contributed by atoms with Crippen LogP contribution in [0.1, 0.15) is 5.56 Å². The van der Waals surface area contributed by atoms with Crippen LogP contribution in [0.5, 0.6) is 0 Å². The van der Waals surface area contributed by atoms with Crippen LogP contribution in [0.15, 0.2) is 41.2 Å². The van der Waals surface area contributed by atoms with Crippen molar-refractivity contribution in [2.24, 2.45) is 5.73 Å². The second kappa shape index (κ2) is 4.83. The Morgan fingerprint density at radius 2 is 2.00 bits per heavy atom. The molecule has 0 radical (unpaired) electrons. The Labute approximate surface area is 104 Å². The summed E-state index contributed by atoms with van der Waals surface area (Å²) in [7, 11) is 0. The minimum atomic E-state index is -0.591. The Balaban J connectivity index is 2.51. The largest absolute Gasteiger partial charge is 0.368 e. The SMILES string of the molecule is Cc1ccccc1-c1ccc(=O)n(CC(N)=O)n1. The fraction of sp³-hybridized carbons (Fsp3) is 0.154. The van der Waals surface area contributed by atoms with Crippen LogP contribution >= 0.6 is 0 Å². The highest BCUT2D eigenvalue weighted by atomic mass is 16.2. The molecule has 0 saturated carbocycles. The zero-order valence-corrected chi connectivity index (χ0v) is 9.96. The Hall–Kier alpha value is -2.43. The smallest absolute Gasteiger partial charge is 0.267 e. The van der Waals surface area contributed by atoms with Crippen LogP contribution < -0.4 is 11.3 Å². The van der Waals surface area contributed by atoms with Gasteiger partial charge in [0.05, 0.1) is 5.69 Å². The lowest BCUT2D eigenvalue weighted by atomic mass is 10.1. The van der Waals surface area contributed by atoms with Crippen LogP contribution in [-0.4, -0.2) is 15.7 Å². The molecule has 1 amide bonds. The second-order valence-corrected chi connectivity index (χ2v) is 4.00. The lowest BCUT2D eigenvalue weighted by Crippen LogP contribution is -2.29. The minimum Gasteiger partial charge on any atom is -0.368 e. The number of rotatable bonds is 3. The molecule has 2 N–H and O–H groups in total. The number of primary amides is 1. The number of aryl methyl sites for hydroxylation is 1. The molecule has 0 fully saturated rings. The standard InChI is InChI=1S/C13H13N3O2/c1-9-4-2-3-5-10(9)11-6-7-13(18)16(15-11)8-12(14)17/h2-7H,8H2,1H3,(H2,14,17). The molecule has 0 atom stereocenters. The third-order valence-electron chi connectivity index (χ3n) is 2.59. The zero-order chi connectivity index (χ0) is 13.1. The lowest BCUT2D eigenvalue weighted by Gasteiger charge is -2.07. The average Bonchev–Trinajstić information content (AvgIpc) is 2.32. The normalized spacial score (nSPS) is 10.3. The van der Waals surface area contributed by atoms with Crippen molar-refractivity contribution >= 4 is 5.91 Å². The highest BCUT2D eigenvalue weighted by Gasteiger charge is 2.06. The van der Waals surface area contributed by atoms with Crippen LogP contribution in [0, 0.1) is 6.92 Å². The summed E-state index contributed by atoms with van der Waals surface area (Å²) in [4.78, 5) is 22.4. The van der Waals surface area contributed by atoms with E-state index in [0.717, 1.165) is 15.8 Å². The molecule has 0 aliphatic heterocycles. The van der Waals surface area contributed by atoms with Gasteiger partial charge in [-0.2, -0.15) is 5.10 Å². The van der Waals surface area contributed by atoms with E-state index in [1.54, 1.807) is 6.07 Å². The van der Waals surface area contributed by atoms with Gasteiger partial charge in [-0.25, -0.2) is 4.68 Å². The number of hydrogen-bond donors (Lipinski definition) is 1. The fourth-order valence-electron chi connectivity index (χ4n) is 1.71. The Kier molecular flexibility index (Phi) is 3.23. The van der Waals surface area contributed by atoms with Crippen LogP contribution in [0.3, 0.4) is 0 Å². The van der Waals surface area contributed by atoms with Gasteiger partial charge in [0.15, 0.2) is 0 Å². The van der Waals surface area contributed by atoms with Crippen molar-refractivity contribution in [2.75, 3.05) is 0 Å².